The molecule has 1 aliphatic carbocycles. The quantitative estimate of drug-likeness (QED) is 0.707. The van der Waals surface area contributed by atoms with Crippen LogP contribution in [0.3, 0.4) is 0 Å². The Morgan fingerprint density at radius 2 is 1.81 bits per heavy atom. The van der Waals surface area contributed by atoms with Gasteiger partial charge in [0.15, 0.2) is 0 Å². The molecule has 0 spiro atoms. The predicted octanol–water partition coefficient (Wildman–Crippen LogP) is 4.96. The molecule has 0 bridgehead atoms. The van der Waals surface area contributed by atoms with Gasteiger partial charge in [-0.2, -0.15) is 5.26 Å². The first-order valence-electron chi connectivity index (χ1n) is 8.45. The number of H-pyrrole nitrogens is 1. The molecule has 0 saturated heterocycles. The van der Waals surface area contributed by atoms with Crippen LogP contribution in [-0.2, 0) is 6.42 Å². The lowest BCUT2D eigenvalue weighted by molar-refractivity contribution is 0.301. The summed E-state index contributed by atoms with van der Waals surface area (Å²) in [5.41, 5.74) is 3.03. The third-order valence-electron chi connectivity index (χ3n) is 4.40. The molecule has 0 amide bonds. The van der Waals surface area contributed by atoms with Gasteiger partial charge in [0.1, 0.15) is 29.1 Å². The van der Waals surface area contributed by atoms with Crippen LogP contribution in [0, 0.1) is 23.0 Å². The Labute approximate surface area is 149 Å². The molecule has 0 unspecified atom stereocenters. The highest BCUT2D eigenvalue weighted by molar-refractivity contribution is 5.63. The Balaban J connectivity index is 1.59. The van der Waals surface area contributed by atoms with Crippen LogP contribution in [0.4, 0.5) is 8.78 Å². The molecule has 0 aliphatic heterocycles. The van der Waals surface area contributed by atoms with Crippen LogP contribution in [0.2, 0.25) is 0 Å². The summed E-state index contributed by atoms with van der Waals surface area (Å²) in [4.78, 5) is 3.02. The van der Waals surface area contributed by atoms with Gasteiger partial charge in [-0.25, -0.2) is 8.78 Å². The Bertz CT molecular complexity index is 982. The van der Waals surface area contributed by atoms with Crippen molar-refractivity contribution in [3.8, 4) is 23.1 Å². The van der Waals surface area contributed by atoms with Crippen molar-refractivity contribution in [2.75, 3.05) is 0 Å². The molecule has 4 rings (SSSR count). The summed E-state index contributed by atoms with van der Waals surface area (Å²) < 4.78 is 33.1. The Morgan fingerprint density at radius 1 is 1.04 bits per heavy atom. The van der Waals surface area contributed by atoms with E-state index in [1.165, 1.54) is 18.2 Å². The van der Waals surface area contributed by atoms with E-state index in [0.29, 0.717) is 28.3 Å². The lowest BCUT2D eigenvalue weighted by atomic mass is 10.0. The predicted molar refractivity (Wildman–Crippen MR) is 93.8 cm³/mol. The lowest BCUT2D eigenvalue weighted by Gasteiger charge is -2.07. The highest BCUT2D eigenvalue weighted by Crippen LogP contribution is 2.29. The summed E-state index contributed by atoms with van der Waals surface area (Å²) in [5.74, 6) is -0.136. The van der Waals surface area contributed by atoms with Crippen LogP contribution in [0.25, 0.3) is 11.3 Å². The molecule has 26 heavy (non-hydrogen) atoms. The Morgan fingerprint density at radius 3 is 2.46 bits per heavy atom. The molecular formula is C21H16F2N2O. The number of hydrogen-bond acceptors (Lipinski definition) is 2. The van der Waals surface area contributed by atoms with Crippen molar-refractivity contribution in [3.05, 3.63) is 77.0 Å². The van der Waals surface area contributed by atoms with Gasteiger partial charge >= 0.3 is 0 Å². The molecule has 1 N–H and O–H groups in total. The Hall–Kier alpha value is -3.13. The standard InChI is InChI=1S/C21H16F2N2O/c22-16-4-1-13(2-5-16)20-10-15(21(12-24)25-20)9-14-3-6-18(11-19(14)23)26-17-7-8-17/h1-6,10-11,17,25H,7-9H2. The highest BCUT2D eigenvalue weighted by atomic mass is 19.1. The van der Waals surface area contributed by atoms with Gasteiger partial charge < -0.3 is 9.72 Å². The van der Waals surface area contributed by atoms with Crippen LogP contribution < -0.4 is 4.74 Å². The SMILES string of the molecule is N#Cc1[nH]c(-c2ccc(F)cc2)cc1Cc1ccc(OC2CC2)cc1F. The first-order chi connectivity index (χ1) is 12.6. The highest BCUT2D eigenvalue weighted by Gasteiger charge is 2.23. The summed E-state index contributed by atoms with van der Waals surface area (Å²) >= 11 is 0. The van der Waals surface area contributed by atoms with Crippen LogP contribution in [0.15, 0.2) is 48.5 Å². The first-order valence-corrected chi connectivity index (χ1v) is 8.45. The van der Waals surface area contributed by atoms with Crippen LogP contribution >= 0.6 is 0 Å². The molecule has 5 heteroatoms. The van der Waals surface area contributed by atoms with Gasteiger partial charge in [-0.3, -0.25) is 0 Å². The van der Waals surface area contributed by atoms with E-state index < -0.39 is 0 Å². The zero-order valence-corrected chi connectivity index (χ0v) is 13.9. The molecule has 1 saturated carbocycles. The fourth-order valence-electron chi connectivity index (χ4n) is 2.85. The summed E-state index contributed by atoms with van der Waals surface area (Å²) in [5, 5.41) is 9.37. The van der Waals surface area contributed by atoms with E-state index in [1.807, 2.05) is 0 Å². The zero-order valence-electron chi connectivity index (χ0n) is 13.9. The minimum Gasteiger partial charge on any atom is -0.490 e. The zero-order chi connectivity index (χ0) is 18.1. The second-order valence-electron chi connectivity index (χ2n) is 6.45. The third-order valence-corrected chi connectivity index (χ3v) is 4.40. The van der Waals surface area contributed by atoms with E-state index in [1.54, 1.807) is 30.3 Å². The third kappa shape index (κ3) is 3.45. The molecule has 3 nitrogen and oxygen atoms in total. The van der Waals surface area contributed by atoms with Gasteiger partial charge in [0.05, 0.1) is 6.10 Å². The molecule has 3 aromatic rings. The summed E-state index contributed by atoms with van der Waals surface area (Å²) in [6.45, 7) is 0. The molecular weight excluding hydrogens is 334 g/mol. The minimum absolute atomic E-state index is 0.216. The van der Waals surface area contributed by atoms with Crippen molar-refractivity contribution >= 4 is 0 Å². The van der Waals surface area contributed by atoms with Gasteiger partial charge in [0.2, 0.25) is 0 Å². The largest absolute Gasteiger partial charge is 0.490 e. The molecule has 0 radical (unpaired) electrons. The molecule has 1 heterocycles. The molecule has 1 aromatic heterocycles. The summed E-state index contributed by atoms with van der Waals surface area (Å²) in [6, 6.07) is 14.8. The number of nitrogens with one attached hydrogen (secondary N) is 1. The van der Waals surface area contributed by atoms with Crippen LogP contribution in [-0.4, -0.2) is 11.1 Å². The van der Waals surface area contributed by atoms with Gasteiger partial charge in [-0.15, -0.1) is 0 Å². The minimum atomic E-state index is -0.350. The monoisotopic (exact) mass is 350 g/mol. The average Bonchev–Trinajstić information content (AvgIpc) is 3.35. The second kappa shape index (κ2) is 6.64. The van der Waals surface area contributed by atoms with Gasteiger partial charge in [0.25, 0.3) is 0 Å². The van der Waals surface area contributed by atoms with Crippen molar-refractivity contribution in [1.29, 1.82) is 5.26 Å². The fraction of sp³-hybridized carbons (Fsp3) is 0.190. The molecule has 1 fully saturated rings. The molecule has 130 valence electrons. The number of ether oxygens (including phenoxy) is 1. The van der Waals surface area contributed by atoms with Crippen molar-refractivity contribution in [2.24, 2.45) is 0 Å². The second-order valence-corrected chi connectivity index (χ2v) is 6.45. The summed E-state index contributed by atoms with van der Waals surface area (Å²) in [7, 11) is 0. The van der Waals surface area contributed by atoms with Crippen molar-refractivity contribution in [2.45, 2.75) is 25.4 Å². The molecule has 2 aromatic carbocycles. The maximum atomic E-state index is 14.4. The van der Waals surface area contributed by atoms with Crippen molar-refractivity contribution in [3.63, 3.8) is 0 Å². The maximum absolute atomic E-state index is 14.4. The van der Waals surface area contributed by atoms with Crippen molar-refractivity contribution in [1.82, 2.24) is 4.98 Å². The van der Waals surface area contributed by atoms with Crippen LogP contribution in [0.5, 0.6) is 5.75 Å². The number of rotatable bonds is 5. The number of hydrogen-bond donors (Lipinski definition) is 1. The number of aromatic amines is 1. The van der Waals surface area contributed by atoms with Crippen LogP contribution in [0.1, 0.15) is 29.7 Å². The normalized spacial score (nSPS) is 13.4. The van der Waals surface area contributed by atoms with Gasteiger partial charge in [-0.05, 0) is 65.9 Å². The maximum Gasteiger partial charge on any atom is 0.130 e. The van der Waals surface area contributed by atoms with Gasteiger partial charge in [-0.1, -0.05) is 6.07 Å². The van der Waals surface area contributed by atoms with E-state index >= 15 is 0 Å². The fourth-order valence-corrected chi connectivity index (χ4v) is 2.85. The lowest BCUT2D eigenvalue weighted by Crippen LogP contribution is -1.99. The first kappa shape index (κ1) is 16.3. The number of benzene rings is 2. The summed E-state index contributed by atoms with van der Waals surface area (Å²) in [6.07, 6.45) is 2.54. The number of halogens is 2. The molecule has 1 aliphatic rings. The molecule has 0 atom stereocenters. The van der Waals surface area contributed by atoms with E-state index in [0.717, 1.165) is 18.4 Å². The van der Waals surface area contributed by atoms with Crippen molar-refractivity contribution < 1.29 is 13.5 Å². The number of aromatic nitrogens is 1. The van der Waals surface area contributed by atoms with E-state index in [4.69, 9.17) is 4.74 Å². The Kier molecular flexibility index (Phi) is 4.18. The number of nitriles is 1. The van der Waals surface area contributed by atoms with E-state index in [9.17, 15) is 14.0 Å². The smallest absolute Gasteiger partial charge is 0.130 e. The number of nitrogens with zero attached hydrogens (tertiary/aromatic N) is 1. The topological polar surface area (TPSA) is 48.8 Å². The van der Waals surface area contributed by atoms with E-state index in [-0.39, 0.29) is 24.2 Å². The van der Waals surface area contributed by atoms with E-state index in [2.05, 4.69) is 11.1 Å². The van der Waals surface area contributed by atoms with Gasteiger partial charge in [0, 0.05) is 18.2 Å². The average molecular weight is 350 g/mol.